The first-order valence-corrected chi connectivity index (χ1v) is 13.6. The van der Waals surface area contributed by atoms with Gasteiger partial charge in [-0.15, -0.1) is 0 Å². The molecule has 2 fully saturated rings. The van der Waals surface area contributed by atoms with Crippen molar-refractivity contribution < 1.29 is 14.0 Å². The number of piperazine rings is 1. The Labute approximate surface area is 224 Å². The molecule has 0 aromatic heterocycles. The van der Waals surface area contributed by atoms with E-state index in [9.17, 15) is 14.0 Å². The number of imide groups is 1. The standard InChI is InChI=1S/C30H28FN3O2.C2H6/c31-22-10-12-23(13-11-22)33-18-16-32(17-19-33)14-5-15-34-29(35)27(30(34)36)20-21-6-1-2-7-24(21)28-25-8-3-4-9-26(25)28;1-2/h1-4,6-13,20,28H,5,14-19H2;1-2H3. The lowest BCUT2D eigenvalue weighted by atomic mass is 9.95. The molecule has 3 aromatic rings. The van der Waals surface area contributed by atoms with Gasteiger partial charge < -0.3 is 4.90 Å². The molecule has 1 aliphatic carbocycles. The van der Waals surface area contributed by atoms with Crippen LogP contribution in [0.15, 0.2) is 78.4 Å². The molecule has 0 N–H and O–H groups in total. The first kappa shape index (κ1) is 25.9. The molecule has 2 saturated heterocycles. The molecule has 2 aliphatic heterocycles. The number of nitrogens with zero attached hydrogens (tertiary/aromatic N) is 3. The monoisotopic (exact) mass is 511 g/mol. The number of carbonyl (C=O) groups excluding carboxylic acids is 2. The van der Waals surface area contributed by atoms with E-state index >= 15 is 0 Å². The normalized spacial score (nSPS) is 17.0. The number of amides is 2. The zero-order valence-corrected chi connectivity index (χ0v) is 22.1. The van der Waals surface area contributed by atoms with Gasteiger partial charge in [-0.25, -0.2) is 4.39 Å². The minimum atomic E-state index is -0.219. The summed E-state index contributed by atoms with van der Waals surface area (Å²) in [5.74, 6) is -0.311. The molecule has 3 aliphatic rings. The van der Waals surface area contributed by atoms with Crippen LogP contribution >= 0.6 is 0 Å². The zero-order chi connectivity index (χ0) is 26.6. The molecule has 2 heterocycles. The Balaban J connectivity index is 0.00000144. The molecule has 3 aromatic carbocycles. The van der Waals surface area contributed by atoms with Crippen molar-refractivity contribution in [1.29, 1.82) is 0 Å². The molecule has 0 unspecified atom stereocenters. The number of hydrogen-bond acceptors (Lipinski definition) is 4. The van der Waals surface area contributed by atoms with Crippen LogP contribution in [0.25, 0.3) is 6.08 Å². The Bertz CT molecular complexity index is 1300. The lowest BCUT2D eigenvalue weighted by Gasteiger charge is -2.37. The highest BCUT2D eigenvalue weighted by molar-refractivity contribution is 6.36. The quantitative estimate of drug-likeness (QED) is 0.192. The van der Waals surface area contributed by atoms with Gasteiger partial charge >= 0.3 is 0 Å². The van der Waals surface area contributed by atoms with Crippen molar-refractivity contribution in [3.8, 4) is 0 Å². The minimum Gasteiger partial charge on any atom is -0.369 e. The van der Waals surface area contributed by atoms with Crippen molar-refractivity contribution in [2.45, 2.75) is 26.2 Å². The maximum absolute atomic E-state index is 13.2. The molecular formula is C32H34FN3O2. The number of benzene rings is 3. The van der Waals surface area contributed by atoms with E-state index < -0.39 is 0 Å². The number of hydrogen-bond donors (Lipinski definition) is 0. The first-order valence-electron chi connectivity index (χ1n) is 13.6. The van der Waals surface area contributed by atoms with Gasteiger partial charge in [0.25, 0.3) is 11.8 Å². The number of fused-ring (bicyclic) bond motifs is 1. The molecule has 6 rings (SSSR count). The summed E-state index contributed by atoms with van der Waals surface area (Å²) in [4.78, 5) is 31.6. The van der Waals surface area contributed by atoms with Crippen LogP contribution in [0.1, 0.15) is 48.4 Å². The SMILES string of the molecule is CC.O=C1C(=Cc2ccccc2C2c3ccccc32)C(=O)N1CCCN1CCN(c2ccc(F)cc2)CC1. The van der Waals surface area contributed by atoms with Crippen LogP contribution in [0.3, 0.4) is 0 Å². The molecule has 5 nitrogen and oxygen atoms in total. The maximum Gasteiger partial charge on any atom is 0.266 e. The van der Waals surface area contributed by atoms with E-state index in [0.717, 1.165) is 56.0 Å². The van der Waals surface area contributed by atoms with Gasteiger partial charge in [0.1, 0.15) is 11.4 Å². The minimum absolute atomic E-state index is 0.177. The second kappa shape index (κ2) is 11.3. The summed E-state index contributed by atoms with van der Waals surface area (Å²) in [5.41, 5.74) is 6.03. The van der Waals surface area contributed by atoms with Crippen LogP contribution in [0, 0.1) is 5.82 Å². The van der Waals surface area contributed by atoms with Gasteiger partial charge in [-0.3, -0.25) is 19.4 Å². The first-order chi connectivity index (χ1) is 18.6. The average molecular weight is 512 g/mol. The van der Waals surface area contributed by atoms with E-state index in [1.165, 1.54) is 28.2 Å². The molecule has 6 heteroatoms. The van der Waals surface area contributed by atoms with E-state index in [2.05, 4.69) is 28.0 Å². The molecule has 2 amide bonds. The van der Waals surface area contributed by atoms with E-state index in [4.69, 9.17) is 0 Å². The Kier molecular flexibility index (Phi) is 7.70. The third kappa shape index (κ3) is 5.14. The summed E-state index contributed by atoms with van der Waals surface area (Å²) in [5, 5.41) is 0. The van der Waals surface area contributed by atoms with Gasteiger partial charge in [0, 0.05) is 44.3 Å². The van der Waals surface area contributed by atoms with Crippen LogP contribution in [-0.2, 0) is 9.59 Å². The fraction of sp³-hybridized carbons (Fsp3) is 0.312. The molecule has 0 radical (unpaired) electrons. The largest absolute Gasteiger partial charge is 0.369 e. The highest BCUT2D eigenvalue weighted by Gasteiger charge is 2.41. The zero-order valence-electron chi connectivity index (χ0n) is 22.1. The number of halogens is 1. The van der Waals surface area contributed by atoms with E-state index in [0.29, 0.717) is 6.54 Å². The molecule has 196 valence electrons. The van der Waals surface area contributed by atoms with Crippen molar-refractivity contribution >= 4 is 23.6 Å². The molecule has 0 spiro atoms. The van der Waals surface area contributed by atoms with E-state index in [-0.39, 0.29) is 29.1 Å². The summed E-state index contributed by atoms with van der Waals surface area (Å²) < 4.78 is 13.2. The van der Waals surface area contributed by atoms with Crippen LogP contribution in [0.4, 0.5) is 10.1 Å². The Morgan fingerprint density at radius 2 is 1.34 bits per heavy atom. The summed E-state index contributed by atoms with van der Waals surface area (Å²) in [7, 11) is 0. The highest BCUT2D eigenvalue weighted by atomic mass is 19.1. The number of likely N-dealkylation sites (tertiary alicyclic amines) is 1. The van der Waals surface area contributed by atoms with Gasteiger partial charge in [0.15, 0.2) is 0 Å². The number of rotatable bonds is 7. The van der Waals surface area contributed by atoms with Crippen LogP contribution in [0.5, 0.6) is 0 Å². The fourth-order valence-electron chi connectivity index (χ4n) is 5.44. The third-order valence-electron chi connectivity index (χ3n) is 7.51. The van der Waals surface area contributed by atoms with Crippen molar-refractivity contribution in [2.75, 3.05) is 44.2 Å². The number of carbonyl (C=O) groups is 2. The molecule has 0 saturated carbocycles. The molecular weight excluding hydrogens is 477 g/mol. The summed E-state index contributed by atoms with van der Waals surface area (Å²) in [6.07, 6.45) is 2.53. The Morgan fingerprint density at radius 3 is 1.97 bits per heavy atom. The topological polar surface area (TPSA) is 43.9 Å². The van der Waals surface area contributed by atoms with Gasteiger partial charge in [0.05, 0.1) is 0 Å². The average Bonchev–Trinajstić information content (AvgIpc) is 3.70. The maximum atomic E-state index is 13.2. The van der Waals surface area contributed by atoms with Crippen molar-refractivity contribution in [1.82, 2.24) is 9.80 Å². The second-order valence-corrected chi connectivity index (χ2v) is 9.67. The summed E-state index contributed by atoms with van der Waals surface area (Å²) in [6, 6.07) is 23.0. The van der Waals surface area contributed by atoms with Crippen LogP contribution < -0.4 is 4.90 Å². The van der Waals surface area contributed by atoms with Gasteiger partial charge in [-0.05, 0) is 65.6 Å². The summed E-state index contributed by atoms with van der Waals surface area (Å²) >= 11 is 0. The lowest BCUT2D eigenvalue weighted by Crippen LogP contribution is -2.52. The smallest absolute Gasteiger partial charge is 0.266 e. The van der Waals surface area contributed by atoms with Crippen molar-refractivity contribution in [3.05, 3.63) is 106 Å². The predicted octanol–water partition coefficient (Wildman–Crippen LogP) is 5.31. The highest BCUT2D eigenvalue weighted by Crippen LogP contribution is 2.49. The van der Waals surface area contributed by atoms with Gasteiger partial charge in [0.2, 0.25) is 0 Å². The number of anilines is 1. The predicted molar refractivity (Wildman–Crippen MR) is 150 cm³/mol. The second-order valence-electron chi connectivity index (χ2n) is 9.67. The van der Waals surface area contributed by atoms with E-state index in [1.807, 2.05) is 56.3 Å². The van der Waals surface area contributed by atoms with E-state index in [1.54, 1.807) is 6.08 Å². The molecule has 0 atom stereocenters. The van der Waals surface area contributed by atoms with Gasteiger partial charge in [-0.2, -0.15) is 0 Å². The van der Waals surface area contributed by atoms with Crippen LogP contribution in [-0.4, -0.2) is 60.9 Å². The number of β-lactam (4-membered cyclic amide) rings is 2. The lowest BCUT2D eigenvalue weighted by molar-refractivity contribution is -0.149. The molecule has 38 heavy (non-hydrogen) atoms. The summed E-state index contributed by atoms with van der Waals surface area (Å²) in [6.45, 7) is 8.86. The Morgan fingerprint density at radius 1 is 0.763 bits per heavy atom. The van der Waals surface area contributed by atoms with Crippen LogP contribution in [0.2, 0.25) is 0 Å². The fourth-order valence-corrected chi connectivity index (χ4v) is 5.44. The third-order valence-corrected chi connectivity index (χ3v) is 7.51. The van der Waals surface area contributed by atoms with Gasteiger partial charge in [-0.1, -0.05) is 62.4 Å². The van der Waals surface area contributed by atoms with Crippen molar-refractivity contribution in [2.24, 2.45) is 0 Å². The molecule has 0 bridgehead atoms. The Hall–Kier alpha value is -3.77. The van der Waals surface area contributed by atoms with Crippen molar-refractivity contribution in [3.63, 3.8) is 0 Å².